The summed E-state index contributed by atoms with van der Waals surface area (Å²) in [5.74, 6) is 0.330. The molecule has 0 spiro atoms. The molecule has 0 bridgehead atoms. The largest absolute Gasteiger partial charge is 0.497 e. The minimum Gasteiger partial charge on any atom is -0.497 e. The third kappa shape index (κ3) is 5.99. The number of carbonyl (C=O) groups is 2. The number of nitrogens with zero attached hydrogens (tertiary/aromatic N) is 1. The predicted molar refractivity (Wildman–Crippen MR) is 109 cm³/mol. The van der Waals surface area contributed by atoms with Crippen molar-refractivity contribution in [2.45, 2.75) is 46.3 Å². The first kappa shape index (κ1) is 24.0. The molecule has 1 aliphatic rings. The summed E-state index contributed by atoms with van der Waals surface area (Å²) in [6.07, 6.45) is -1.58. The normalized spacial score (nSPS) is 17.3. The molecule has 8 nitrogen and oxygen atoms in total. The van der Waals surface area contributed by atoms with Crippen molar-refractivity contribution in [2.75, 3.05) is 13.7 Å². The minimum atomic E-state index is -0.959. The molecule has 1 aliphatic heterocycles. The van der Waals surface area contributed by atoms with Gasteiger partial charge in [-0.3, -0.25) is 9.59 Å². The number of rotatable bonds is 9. The Morgan fingerprint density at radius 3 is 2.45 bits per heavy atom. The fourth-order valence-corrected chi connectivity index (χ4v) is 3.00. The van der Waals surface area contributed by atoms with Gasteiger partial charge in [-0.15, -0.1) is 10.1 Å². The molecular weight excluding hydrogens is 378 g/mol. The molecule has 2 unspecified atom stereocenters. The van der Waals surface area contributed by atoms with Crippen molar-refractivity contribution in [3.05, 3.63) is 52.1 Å². The van der Waals surface area contributed by atoms with Crippen LogP contribution in [0.1, 0.15) is 33.3 Å². The van der Waals surface area contributed by atoms with Crippen molar-refractivity contribution in [1.82, 2.24) is 0 Å². The summed E-state index contributed by atoms with van der Waals surface area (Å²) < 4.78 is 10.2. The molecule has 1 saturated heterocycles. The topological polar surface area (TPSA) is 105 Å². The van der Waals surface area contributed by atoms with Gasteiger partial charge in [0, 0.05) is 19.3 Å². The number of hydrogen-bond acceptors (Lipinski definition) is 7. The number of benzene rings is 2. The summed E-state index contributed by atoms with van der Waals surface area (Å²) in [5.41, 5.74) is 0.861. The zero-order valence-corrected chi connectivity index (χ0v) is 14.8. The van der Waals surface area contributed by atoms with Gasteiger partial charge in [-0.2, -0.15) is 0 Å². The molecular formula is C21H27NO7. The first-order chi connectivity index (χ1) is 13.0. The summed E-state index contributed by atoms with van der Waals surface area (Å²) in [6.45, 7) is 0.00715. The van der Waals surface area contributed by atoms with E-state index < -0.39 is 17.3 Å². The van der Waals surface area contributed by atoms with Crippen LogP contribution < -0.4 is 4.74 Å². The molecule has 1 heterocycles. The molecule has 8 heteroatoms. The molecule has 2 aromatic rings. The number of ether oxygens (including phenoxy) is 2. The van der Waals surface area contributed by atoms with E-state index >= 15 is 0 Å². The number of ketones is 2. The highest BCUT2D eigenvalue weighted by Gasteiger charge is 2.40. The minimum absolute atomic E-state index is 0. The Balaban J connectivity index is 0.00000210. The molecule has 0 N–H and O–H groups in total. The molecule has 0 radical (unpaired) electrons. The number of carbonyl (C=O) groups excluding carboxylic acids is 2. The zero-order valence-electron chi connectivity index (χ0n) is 14.8. The van der Waals surface area contributed by atoms with Gasteiger partial charge in [-0.1, -0.05) is 39.1 Å². The van der Waals surface area contributed by atoms with Crippen molar-refractivity contribution in [1.29, 1.82) is 0 Å². The van der Waals surface area contributed by atoms with E-state index in [1.165, 1.54) is 0 Å². The Bertz CT molecular complexity index is 880. The van der Waals surface area contributed by atoms with Crippen LogP contribution in [-0.2, 0) is 25.6 Å². The lowest BCUT2D eigenvalue weighted by atomic mass is 9.97. The smallest absolute Gasteiger partial charge is 0.294 e. The van der Waals surface area contributed by atoms with E-state index in [-0.39, 0.29) is 52.3 Å². The van der Waals surface area contributed by atoms with E-state index in [4.69, 9.17) is 9.47 Å². The molecule has 0 saturated carbocycles. The Kier molecular flexibility index (Phi) is 8.72. The van der Waals surface area contributed by atoms with Gasteiger partial charge < -0.3 is 14.3 Å². The van der Waals surface area contributed by atoms with E-state index in [2.05, 4.69) is 4.84 Å². The fourth-order valence-electron chi connectivity index (χ4n) is 3.00. The van der Waals surface area contributed by atoms with Gasteiger partial charge in [0.15, 0.2) is 11.9 Å². The quantitative estimate of drug-likeness (QED) is 0.464. The molecule has 1 fully saturated rings. The molecule has 0 aliphatic carbocycles. The third-order valence-electron chi connectivity index (χ3n) is 4.48. The molecule has 2 aromatic carbocycles. The van der Waals surface area contributed by atoms with E-state index in [9.17, 15) is 19.7 Å². The zero-order chi connectivity index (χ0) is 19.4. The Morgan fingerprint density at radius 2 is 1.83 bits per heavy atom. The van der Waals surface area contributed by atoms with Crippen molar-refractivity contribution in [2.24, 2.45) is 0 Å². The maximum atomic E-state index is 12.2. The lowest BCUT2D eigenvalue weighted by Gasteiger charge is -2.33. The van der Waals surface area contributed by atoms with E-state index in [0.717, 1.165) is 22.1 Å². The molecule has 2 atom stereocenters. The number of methoxy groups -OCH3 is 1. The molecule has 3 rings (SSSR count). The average Bonchev–Trinajstić information content (AvgIpc) is 2.63. The molecule has 0 amide bonds. The number of hydrogen-bond donors (Lipinski definition) is 0. The van der Waals surface area contributed by atoms with Crippen molar-refractivity contribution < 1.29 is 29.0 Å². The fraction of sp³-hybridized carbons (Fsp3) is 0.429. The number of fused-ring (bicyclic) bond motifs is 1. The van der Waals surface area contributed by atoms with Gasteiger partial charge >= 0.3 is 0 Å². The summed E-state index contributed by atoms with van der Waals surface area (Å²) in [5, 5.41) is 11.4. The van der Waals surface area contributed by atoms with E-state index in [1.807, 2.05) is 36.4 Å². The highest BCUT2D eigenvalue weighted by Crippen LogP contribution is 2.23. The maximum Gasteiger partial charge on any atom is 0.294 e. The van der Waals surface area contributed by atoms with Gasteiger partial charge in [-0.25, -0.2) is 0 Å². The van der Waals surface area contributed by atoms with Gasteiger partial charge in [0.2, 0.25) is 0 Å². The summed E-state index contributed by atoms with van der Waals surface area (Å²) >= 11 is 0. The van der Waals surface area contributed by atoms with Crippen molar-refractivity contribution >= 4 is 22.3 Å². The predicted octanol–water partition coefficient (Wildman–Crippen LogP) is 3.56. The number of Topliss-reactive ketones (excluding diaryl/α,β-unsaturated/α-hetero) is 2. The van der Waals surface area contributed by atoms with Crippen LogP contribution in [0.25, 0.3) is 10.8 Å². The Hall–Kier alpha value is -3.00. The molecule has 0 aromatic heterocycles. The second-order valence-corrected chi connectivity index (χ2v) is 6.35. The Labute approximate surface area is 169 Å². The van der Waals surface area contributed by atoms with Gasteiger partial charge in [-0.05, 0) is 28.5 Å². The lowest BCUT2D eigenvalue weighted by molar-refractivity contribution is -0.775. The van der Waals surface area contributed by atoms with Gasteiger partial charge in [0.05, 0.1) is 13.7 Å². The first-order valence-electron chi connectivity index (χ1n) is 8.50. The lowest BCUT2D eigenvalue weighted by Crippen LogP contribution is -2.52. The third-order valence-corrected chi connectivity index (χ3v) is 4.48. The average molecular weight is 405 g/mol. The molecule has 29 heavy (non-hydrogen) atoms. The first-order valence-corrected chi connectivity index (χ1v) is 8.50. The second-order valence-electron chi connectivity index (χ2n) is 6.35. The van der Waals surface area contributed by atoms with Crippen LogP contribution in [0.2, 0.25) is 0 Å². The van der Waals surface area contributed by atoms with Crippen LogP contribution in [0.15, 0.2) is 36.4 Å². The van der Waals surface area contributed by atoms with Crippen LogP contribution >= 0.6 is 0 Å². The van der Waals surface area contributed by atoms with Crippen LogP contribution in [-0.4, -0.2) is 42.6 Å². The van der Waals surface area contributed by atoms with Crippen LogP contribution in [0.5, 0.6) is 5.75 Å². The molecule has 158 valence electrons. The summed E-state index contributed by atoms with van der Waals surface area (Å²) in [6, 6.07) is 11.4. The standard InChI is InChI=1S/C19H19NO7.2CH4/c1-25-16-6-4-13-8-12(2-3-14(13)10-16)9-15(21)5-7-17(22)19-18(11-26-19)27-20(23)24;;/h2-4,6,8,10,18-19H,5,7,9,11H2,1H3;2*1H4. The Morgan fingerprint density at radius 1 is 1.14 bits per heavy atom. The van der Waals surface area contributed by atoms with E-state index in [0.29, 0.717) is 0 Å². The summed E-state index contributed by atoms with van der Waals surface area (Å²) in [7, 11) is 1.61. The van der Waals surface area contributed by atoms with Gasteiger partial charge in [0.25, 0.3) is 5.09 Å². The van der Waals surface area contributed by atoms with Crippen LogP contribution in [0.3, 0.4) is 0 Å². The van der Waals surface area contributed by atoms with E-state index in [1.54, 1.807) is 7.11 Å². The van der Waals surface area contributed by atoms with Crippen molar-refractivity contribution in [3.8, 4) is 5.75 Å². The highest BCUT2D eigenvalue weighted by molar-refractivity contribution is 5.91. The SMILES string of the molecule is C.C.COc1ccc2cc(CC(=O)CCC(=O)C3OCC3O[N+](=O)[O-])ccc2c1. The highest BCUT2D eigenvalue weighted by atomic mass is 17.0. The van der Waals surface area contributed by atoms with Gasteiger partial charge in [0.1, 0.15) is 17.6 Å². The van der Waals surface area contributed by atoms with Crippen LogP contribution in [0.4, 0.5) is 0 Å². The monoisotopic (exact) mass is 405 g/mol. The summed E-state index contributed by atoms with van der Waals surface area (Å²) in [4.78, 5) is 38.9. The van der Waals surface area contributed by atoms with Crippen LogP contribution in [0, 0.1) is 10.1 Å². The maximum absolute atomic E-state index is 12.2. The second kappa shape index (κ2) is 10.5. The van der Waals surface area contributed by atoms with Crippen molar-refractivity contribution in [3.63, 3.8) is 0 Å².